The van der Waals surface area contributed by atoms with Gasteiger partial charge in [0.1, 0.15) is 0 Å². The Morgan fingerprint density at radius 2 is 1.17 bits per heavy atom. The molecule has 5 aliphatic heterocycles. The number of hydrogen-bond donors (Lipinski definition) is 7. The number of nitrogens with zero attached hydrogens (tertiary/aromatic N) is 4. The molecule has 5 rings (SSSR count). The third-order valence-corrected chi connectivity index (χ3v) is 15.2. The molecule has 9 atom stereocenters. The van der Waals surface area contributed by atoms with Gasteiger partial charge in [0.05, 0.1) is 11.2 Å². The van der Waals surface area contributed by atoms with Crippen LogP contribution in [0.2, 0.25) is 0 Å². The Hall–Kier alpha value is -5.17. The number of nitrogens with two attached hydrogens (primary N) is 2. The van der Waals surface area contributed by atoms with Crippen LogP contribution in [-0.4, -0.2) is 95.9 Å². The van der Waals surface area contributed by atoms with E-state index in [1.165, 1.54) is 0 Å². The Labute approximate surface area is 382 Å². The number of carboxylic acid groups (broad SMARTS) is 5. The summed E-state index contributed by atoms with van der Waals surface area (Å²) in [6.45, 7) is 14.3. The van der Waals surface area contributed by atoms with E-state index in [1.54, 1.807) is 47.6 Å². The minimum Gasteiger partial charge on any atom is -0.682 e. The minimum absolute atomic E-state index is 0. The van der Waals surface area contributed by atoms with Crippen molar-refractivity contribution in [2.75, 3.05) is 0 Å². The summed E-state index contributed by atoms with van der Waals surface area (Å²) in [4.78, 5) is 104. The van der Waals surface area contributed by atoms with Crippen LogP contribution in [0.1, 0.15) is 126 Å². The van der Waals surface area contributed by atoms with Crippen molar-refractivity contribution in [1.29, 1.82) is 0 Å². The Bertz CT molecular complexity index is 2230. The third-order valence-electron chi connectivity index (χ3n) is 15.2. The summed E-state index contributed by atoms with van der Waals surface area (Å²) >= 11 is 0. The molecule has 0 spiro atoms. The quantitative estimate of drug-likeness (QED) is 0.0896. The number of carbonyl (C=O) groups is 7. The van der Waals surface area contributed by atoms with Crippen molar-refractivity contribution in [3.63, 3.8) is 0 Å². The maximum atomic E-state index is 13.3. The summed E-state index contributed by atoms with van der Waals surface area (Å²) in [5.74, 6) is -10.2. The molecule has 2 amide bonds. The van der Waals surface area contributed by atoms with Crippen molar-refractivity contribution >= 4 is 58.8 Å². The van der Waals surface area contributed by atoms with Gasteiger partial charge in [-0.25, -0.2) is 0 Å². The van der Waals surface area contributed by atoms with Gasteiger partial charge in [-0.05, 0) is 75.0 Å². The van der Waals surface area contributed by atoms with E-state index in [9.17, 15) is 59.1 Å². The number of fused-ring (bicyclic) bond motifs is 6. The fourth-order valence-corrected chi connectivity index (χ4v) is 11.7. The average molecular weight is 937 g/mol. The second-order valence-electron chi connectivity index (χ2n) is 19.5. The number of carboxylic acids is 5. The van der Waals surface area contributed by atoms with Gasteiger partial charge in [0.2, 0.25) is 11.8 Å². The largest absolute Gasteiger partial charge is 2.00 e. The summed E-state index contributed by atoms with van der Waals surface area (Å²) in [6, 6.07) is -1.08. The van der Waals surface area contributed by atoms with Crippen molar-refractivity contribution in [2.45, 2.75) is 138 Å². The van der Waals surface area contributed by atoms with Crippen LogP contribution in [-0.2, 0) is 50.3 Å². The number of hydrogen-bond acceptors (Lipinski definition) is 10. The number of aliphatic carboxylic acids is 5. The molecule has 19 heteroatoms. The van der Waals surface area contributed by atoms with Gasteiger partial charge in [0.25, 0.3) is 0 Å². The predicted octanol–water partition coefficient (Wildman–Crippen LogP) is 5.50. The van der Waals surface area contributed by atoms with Crippen molar-refractivity contribution in [1.82, 2.24) is 0 Å². The van der Waals surface area contributed by atoms with E-state index in [2.05, 4.69) is 0 Å². The SMILES string of the molecule is C/C1=C2/[N-]C([C@H](CC(=O)O)[C@@]2(C)CCC(=O)O)[C@]2(C)N=C(/C(C)=C3N=C(/C=C4N=C1[C@@H](CCC(=O)O)C\4(C)C)[C@@H](CCC(=O)O)[C@]\3(C)CC(N)=O)[C@@H](CCC(=O)O)[C@]2(C)CC(N)=O.[Co+2]. The second kappa shape index (κ2) is 18.4. The molecular formula is C45H61CoN6O12+. The Morgan fingerprint density at radius 3 is 1.67 bits per heavy atom. The number of primary amides is 2. The summed E-state index contributed by atoms with van der Waals surface area (Å²) < 4.78 is 0. The molecular weight excluding hydrogens is 875 g/mol. The summed E-state index contributed by atoms with van der Waals surface area (Å²) in [7, 11) is 0. The number of aliphatic imine (C=N–C) groups is 3. The van der Waals surface area contributed by atoms with Crippen LogP contribution in [0, 0.1) is 45.3 Å². The smallest absolute Gasteiger partial charge is 0.682 e. The molecule has 0 saturated carbocycles. The van der Waals surface area contributed by atoms with Gasteiger partial charge in [-0.2, -0.15) is 5.70 Å². The molecule has 0 aliphatic carbocycles. The van der Waals surface area contributed by atoms with Gasteiger partial charge in [0.15, 0.2) is 0 Å². The maximum absolute atomic E-state index is 13.3. The fourth-order valence-electron chi connectivity index (χ4n) is 11.7. The van der Waals surface area contributed by atoms with Crippen LogP contribution < -0.4 is 11.5 Å². The molecule has 9 N–H and O–H groups in total. The number of allylic oxidation sites excluding steroid dienone is 6. The molecule has 0 aromatic heterocycles. The molecule has 5 heterocycles. The first-order chi connectivity index (χ1) is 29.0. The zero-order valence-electron chi connectivity index (χ0n) is 37.6. The molecule has 8 bridgehead atoms. The summed E-state index contributed by atoms with van der Waals surface area (Å²) in [5.41, 5.74) is 8.91. The zero-order chi connectivity index (χ0) is 47.4. The predicted molar refractivity (Wildman–Crippen MR) is 231 cm³/mol. The number of rotatable bonds is 18. The van der Waals surface area contributed by atoms with Gasteiger partial charge in [-0.1, -0.05) is 40.7 Å². The van der Waals surface area contributed by atoms with E-state index < -0.39 is 105 Å². The van der Waals surface area contributed by atoms with Gasteiger partial charge < -0.3 is 42.3 Å². The molecule has 1 radical (unpaired) electrons. The first-order valence-corrected chi connectivity index (χ1v) is 21.3. The summed E-state index contributed by atoms with van der Waals surface area (Å²) in [6.07, 6.45) is -0.675. The molecule has 64 heavy (non-hydrogen) atoms. The normalized spacial score (nSPS) is 35.6. The molecule has 1 fully saturated rings. The molecule has 0 aromatic rings. The van der Waals surface area contributed by atoms with Crippen molar-refractivity contribution in [3.05, 3.63) is 39.6 Å². The van der Waals surface area contributed by atoms with E-state index in [1.807, 2.05) is 13.8 Å². The van der Waals surface area contributed by atoms with E-state index in [0.29, 0.717) is 45.4 Å². The van der Waals surface area contributed by atoms with Gasteiger partial charge in [0, 0.05) is 102 Å². The van der Waals surface area contributed by atoms with Crippen LogP contribution in [0.4, 0.5) is 0 Å². The Morgan fingerprint density at radius 1 is 0.656 bits per heavy atom. The number of carbonyl (C=O) groups excluding carboxylic acids is 2. The van der Waals surface area contributed by atoms with E-state index in [4.69, 9.17) is 31.8 Å². The molecule has 1 unspecified atom stereocenters. The first kappa shape index (κ1) is 51.5. The van der Waals surface area contributed by atoms with Gasteiger partial charge in [-0.15, -0.1) is 0 Å². The van der Waals surface area contributed by atoms with Crippen molar-refractivity contribution in [3.8, 4) is 0 Å². The van der Waals surface area contributed by atoms with E-state index in [0.717, 1.165) is 0 Å². The molecule has 1 saturated heterocycles. The van der Waals surface area contributed by atoms with E-state index in [-0.39, 0.29) is 81.0 Å². The molecule has 5 aliphatic rings. The molecule has 351 valence electrons. The van der Waals surface area contributed by atoms with Crippen LogP contribution in [0.25, 0.3) is 5.32 Å². The Balaban J connectivity index is 0.00000898. The van der Waals surface area contributed by atoms with Crippen LogP contribution in [0.15, 0.2) is 49.3 Å². The first-order valence-electron chi connectivity index (χ1n) is 21.3. The topological polar surface area (TPSA) is 324 Å². The number of amides is 2. The second-order valence-corrected chi connectivity index (χ2v) is 19.5. The maximum Gasteiger partial charge on any atom is 2.00 e. The third kappa shape index (κ3) is 9.06. The van der Waals surface area contributed by atoms with Crippen molar-refractivity contribution in [2.24, 2.45) is 71.8 Å². The van der Waals surface area contributed by atoms with E-state index >= 15 is 0 Å². The molecule has 0 aromatic carbocycles. The average Bonchev–Trinajstić information content (AvgIpc) is 3.75. The molecule has 18 nitrogen and oxygen atoms in total. The summed E-state index contributed by atoms with van der Waals surface area (Å²) in [5, 5.41) is 56.0. The van der Waals surface area contributed by atoms with Crippen LogP contribution >= 0.6 is 0 Å². The van der Waals surface area contributed by atoms with Crippen LogP contribution in [0.5, 0.6) is 0 Å². The zero-order valence-corrected chi connectivity index (χ0v) is 38.7. The Kier molecular flexibility index (Phi) is 14.8. The van der Waals surface area contributed by atoms with Gasteiger partial charge >= 0.3 is 46.6 Å². The monoisotopic (exact) mass is 936 g/mol. The minimum atomic E-state index is -1.54. The van der Waals surface area contributed by atoms with Crippen molar-refractivity contribution < 1.29 is 75.9 Å². The van der Waals surface area contributed by atoms with Gasteiger partial charge in [-0.3, -0.25) is 48.5 Å². The fraction of sp³-hybridized carbons (Fsp3) is 0.644. The standard InChI is InChI=1S/C45H62N6O12.Co/c1-21-36-24(10-13-32(56)57)41(3,4)28(49-36)18-27-23(9-12-31(54)55)43(6,19-29(46)52)39(48-27)22(2)37-25(11-14-33(58)59)44(7,20-30(47)53)45(8,51-37)40-26(17-35(62)63)42(5,38(21)50-40)16-15-34(60)61;/h18,23-26,40H,9-17,19-20H2,1-8H3,(H10,46,47,48,49,50,51,52,53,54,55,56,57,58,59,60,61,62,63);/q;+2/p-1/t23-,24-,25-,26+,40?,42-,43+,44+,45+;/m1./s1. The van der Waals surface area contributed by atoms with Crippen LogP contribution in [0.3, 0.4) is 0 Å².